The van der Waals surface area contributed by atoms with Gasteiger partial charge in [0.2, 0.25) is 5.91 Å². The number of nitrogens with one attached hydrogen (secondary N) is 2. The molecule has 3 atom stereocenters. The third-order valence-electron chi connectivity index (χ3n) is 4.93. The van der Waals surface area contributed by atoms with Gasteiger partial charge in [0.1, 0.15) is 17.8 Å². The maximum atomic E-state index is 12.1. The highest BCUT2D eigenvalue weighted by Crippen LogP contribution is 2.37. The number of H-pyrrole nitrogens is 1. The fourth-order valence-corrected chi connectivity index (χ4v) is 3.94. The molecule has 2 fully saturated rings. The molecule has 2 N–H and O–H groups in total. The van der Waals surface area contributed by atoms with Gasteiger partial charge in [0, 0.05) is 18.3 Å². The van der Waals surface area contributed by atoms with E-state index in [0.717, 1.165) is 42.5 Å². The lowest BCUT2D eigenvalue weighted by Crippen LogP contribution is -2.52. The van der Waals surface area contributed by atoms with Crippen molar-refractivity contribution < 1.29 is 4.79 Å². The predicted octanol–water partition coefficient (Wildman–Crippen LogP) is 2.08. The van der Waals surface area contributed by atoms with Crippen molar-refractivity contribution in [2.24, 2.45) is 0 Å². The normalized spacial score (nSPS) is 27.1. The molecule has 1 amide bonds. The van der Waals surface area contributed by atoms with Crippen molar-refractivity contribution >= 4 is 22.8 Å². The maximum Gasteiger partial charge on any atom is 0.246 e. The van der Waals surface area contributed by atoms with Crippen LogP contribution in [-0.2, 0) is 4.79 Å². The summed E-state index contributed by atoms with van der Waals surface area (Å²) in [6.45, 7) is 3.64. The quantitative estimate of drug-likeness (QED) is 0.851. The van der Waals surface area contributed by atoms with Gasteiger partial charge >= 0.3 is 0 Å². The van der Waals surface area contributed by atoms with Crippen molar-refractivity contribution in [1.29, 1.82) is 0 Å². The third-order valence-corrected chi connectivity index (χ3v) is 4.93. The van der Waals surface area contributed by atoms with Gasteiger partial charge in [-0.15, -0.1) is 0 Å². The zero-order chi connectivity index (χ0) is 15.1. The molecule has 2 aromatic rings. The zero-order valence-electron chi connectivity index (χ0n) is 12.3. The van der Waals surface area contributed by atoms with E-state index in [2.05, 4.69) is 26.8 Å². The van der Waals surface area contributed by atoms with E-state index in [9.17, 15) is 4.79 Å². The van der Waals surface area contributed by atoms with Crippen LogP contribution in [0.25, 0.3) is 11.0 Å². The average Bonchev–Trinajstić information content (AvgIpc) is 3.13. The van der Waals surface area contributed by atoms with Crippen LogP contribution in [0, 0.1) is 0 Å². The van der Waals surface area contributed by atoms with Crippen molar-refractivity contribution in [2.45, 2.75) is 43.8 Å². The van der Waals surface area contributed by atoms with Gasteiger partial charge in [0.15, 0.2) is 0 Å². The summed E-state index contributed by atoms with van der Waals surface area (Å²) < 4.78 is 0. The molecule has 2 aromatic heterocycles. The molecule has 0 aliphatic carbocycles. The molecular weight excluding hydrogens is 278 g/mol. The second kappa shape index (κ2) is 5.12. The van der Waals surface area contributed by atoms with Crippen LogP contribution in [0.3, 0.4) is 0 Å². The molecule has 4 heterocycles. The van der Waals surface area contributed by atoms with Gasteiger partial charge in [-0.3, -0.25) is 4.79 Å². The molecule has 0 unspecified atom stereocenters. The molecule has 2 saturated heterocycles. The largest absolute Gasteiger partial charge is 0.365 e. The minimum atomic E-state index is 0.0495. The molecule has 4 rings (SSSR count). The number of piperidine rings is 1. The van der Waals surface area contributed by atoms with Crippen LogP contribution in [-0.4, -0.2) is 43.9 Å². The summed E-state index contributed by atoms with van der Waals surface area (Å²) in [5, 5.41) is 4.54. The minimum Gasteiger partial charge on any atom is -0.365 e. The number of carbonyl (C=O) groups excluding carboxylic acids is 1. The monoisotopic (exact) mass is 297 g/mol. The lowest BCUT2D eigenvalue weighted by molar-refractivity contribution is -0.130. The van der Waals surface area contributed by atoms with Crippen molar-refractivity contribution in [3.05, 3.63) is 31.2 Å². The topological polar surface area (TPSA) is 73.9 Å². The summed E-state index contributed by atoms with van der Waals surface area (Å²) in [5.74, 6) is 0.890. The molecule has 0 radical (unpaired) electrons. The summed E-state index contributed by atoms with van der Waals surface area (Å²) in [7, 11) is 0. The van der Waals surface area contributed by atoms with Crippen LogP contribution in [0.15, 0.2) is 31.2 Å². The summed E-state index contributed by atoms with van der Waals surface area (Å²) in [6.07, 6.45) is 9.09. The Hall–Kier alpha value is -2.37. The second-order valence-corrected chi connectivity index (χ2v) is 6.04. The fraction of sp³-hybridized carbons (Fsp3) is 0.438. The van der Waals surface area contributed by atoms with E-state index in [1.807, 2.05) is 17.2 Å². The van der Waals surface area contributed by atoms with Gasteiger partial charge in [-0.25, -0.2) is 9.97 Å². The van der Waals surface area contributed by atoms with E-state index in [4.69, 9.17) is 0 Å². The fourth-order valence-electron chi connectivity index (χ4n) is 3.94. The molecule has 6 heteroatoms. The third kappa shape index (κ3) is 1.98. The first-order valence-electron chi connectivity index (χ1n) is 7.77. The molecular formula is C16H19N5O. The minimum absolute atomic E-state index is 0.0495. The van der Waals surface area contributed by atoms with Crippen molar-refractivity contribution in [3.8, 4) is 0 Å². The Kier molecular flexibility index (Phi) is 3.10. The number of amides is 1. The Morgan fingerprint density at radius 1 is 1.36 bits per heavy atom. The summed E-state index contributed by atoms with van der Waals surface area (Å²) in [4.78, 5) is 25.9. The van der Waals surface area contributed by atoms with Gasteiger partial charge < -0.3 is 15.2 Å². The molecule has 0 saturated carbocycles. The molecule has 6 nitrogen and oxygen atoms in total. The van der Waals surface area contributed by atoms with E-state index < -0.39 is 0 Å². The van der Waals surface area contributed by atoms with Crippen molar-refractivity contribution in [3.63, 3.8) is 0 Å². The first kappa shape index (κ1) is 13.3. The van der Waals surface area contributed by atoms with Gasteiger partial charge in [0.05, 0.1) is 11.4 Å². The number of hydrogen-bond acceptors (Lipinski definition) is 4. The number of carbonyl (C=O) groups is 1. The zero-order valence-corrected chi connectivity index (χ0v) is 12.3. The molecule has 2 bridgehead atoms. The highest BCUT2D eigenvalue weighted by Gasteiger charge is 2.44. The number of fused-ring (bicyclic) bond motifs is 3. The summed E-state index contributed by atoms with van der Waals surface area (Å²) in [6, 6.07) is 2.82. The summed E-state index contributed by atoms with van der Waals surface area (Å²) >= 11 is 0. The molecule has 22 heavy (non-hydrogen) atoms. The lowest BCUT2D eigenvalue weighted by atomic mass is 9.97. The van der Waals surface area contributed by atoms with Gasteiger partial charge in [-0.2, -0.15) is 0 Å². The van der Waals surface area contributed by atoms with E-state index >= 15 is 0 Å². The van der Waals surface area contributed by atoms with Crippen LogP contribution in [0.1, 0.15) is 25.7 Å². The maximum absolute atomic E-state index is 12.1. The van der Waals surface area contributed by atoms with Gasteiger partial charge in [-0.1, -0.05) is 6.58 Å². The average molecular weight is 297 g/mol. The van der Waals surface area contributed by atoms with Crippen molar-refractivity contribution in [1.82, 2.24) is 19.9 Å². The second-order valence-electron chi connectivity index (χ2n) is 6.04. The Labute approximate surface area is 128 Å². The van der Waals surface area contributed by atoms with Crippen LogP contribution < -0.4 is 5.32 Å². The molecule has 114 valence electrons. The van der Waals surface area contributed by atoms with E-state index in [1.165, 1.54) is 6.08 Å². The lowest BCUT2D eigenvalue weighted by Gasteiger charge is -2.40. The molecule has 0 spiro atoms. The first-order chi connectivity index (χ1) is 10.8. The smallest absolute Gasteiger partial charge is 0.246 e. The van der Waals surface area contributed by atoms with E-state index in [1.54, 1.807) is 6.33 Å². The Morgan fingerprint density at radius 3 is 3.09 bits per heavy atom. The Bertz CT molecular complexity index is 724. The SMILES string of the molecule is C=CC(=O)N1[C@@H]2CC[C@H](Nc3ncnc4[nH]ccc34)[C@@H]1CC2. The Balaban J connectivity index is 1.62. The highest BCUT2D eigenvalue weighted by atomic mass is 16.2. The van der Waals surface area contributed by atoms with Crippen LogP contribution in [0.2, 0.25) is 0 Å². The summed E-state index contributed by atoms with van der Waals surface area (Å²) in [5.41, 5.74) is 0.830. The number of anilines is 1. The van der Waals surface area contributed by atoms with Crippen LogP contribution in [0.4, 0.5) is 5.82 Å². The predicted molar refractivity (Wildman–Crippen MR) is 84.4 cm³/mol. The van der Waals surface area contributed by atoms with E-state index in [0.29, 0.717) is 6.04 Å². The molecule has 2 aliphatic heterocycles. The number of aromatic amines is 1. The standard InChI is InChI=1S/C16H19N5O/c1-2-14(22)21-10-3-5-12(13(21)6-4-10)20-16-11-7-8-17-15(11)18-9-19-16/h2,7-10,12-13H,1,3-6H2,(H2,17,18,19,20)/t10-,12+,13+/m1/s1. The van der Waals surface area contributed by atoms with Gasteiger partial charge in [-0.05, 0) is 37.8 Å². The highest BCUT2D eigenvalue weighted by molar-refractivity contribution is 5.88. The number of rotatable bonds is 3. The van der Waals surface area contributed by atoms with Gasteiger partial charge in [0.25, 0.3) is 0 Å². The number of hydrogen-bond donors (Lipinski definition) is 2. The molecule has 2 aliphatic rings. The van der Waals surface area contributed by atoms with E-state index in [-0.39, 0.29) is 18.0 Å². The number of nitrogens with zero attached hydrogens (tertiary/aromatic N) is 3. The first-order valence-corrected chi connectivity index (χ1v) is 7.77. The Morgan fingerprint density at radius 2 is 2.23 bits per heavy atom. The van der Waals surface area contributed by atoms with Crippen LogP contribution in [0.5, 0.6) is 0 Å². The van der Waals surface area contributed by atoms with Crippen LogP contribution >= 0.6 is 0 Å². The molecule has 0 aromatic carbocycles. The number of aromatic nitrogens is 3. The van der Waals surface area contributed by atoms with Crippen molar-refractivity contribution in [2.75, 3.05) is 5.32 Å².